The van der Waals surface area contributed by atoms with Crippen molar-refractivity contribution >= 4 is 29.1 Å². The molecule has 1 unspecified atom stereocenters. The monoisotopic (exact) mass is 313 g/mol. The Kier molecular flexibility index (Phi) is 3.93. The lowest BCUT2D eigenvalue weighted by Gasteiger charge is -2.14. The fourth-order valence-electron chi connectivity index (χ4n) is 3.41. The van der Waals surface area contributed by atoms with E-state index in [1.807, 2.05) is 0 Å². The van der Waals surface area contributed by atoms with E-state index in [4.69, 9.17) is 23.2 Å². The molecule has 0 heterocycles. The molecule has 3 nitrogen and oxygen atoms in total. The first kappa shape index (κ1) is 14.2. The zero-order chi connectivity index (χ0) is 14.3. The number of rotatable bonds is 4. The van der Waals surface area contributed by atoms with Gasteiger partial charge in [0, 0.05) is 28.1 Å². The predicted molar refractivity (Wildman–Crippen MR) is 78.8 cm³/mol. The molecule has 0 aromatic heterocycles. The third kappa shape index (κ3) is 2.67. The summed E-state index contributed by atoms with van der Waals surface area (Å²) >= 11 is 11.9. The molecule has 108 valence electrons. The van der Waals surface area contributed by atoms with Crippen molar-refractivity contribution in [2.75, 3.05) is 6.54 Å². The average Bonchev–Trinajstić information content (AvgIpc) is 2.89. The topological polar surface area (TPSA) is 49.3 Å². The number of hydrogen-bond donors (Lipinski definition) is 2. The Balaban J connectivity index is 1.54. The van der Waals surface area contributed by atoms with Gasteiger partial charge in [0.05, 0.1) is 6.10 Å². The molecule has 3 rings (SSSR count). The Morgan fingerprint density at radius 2 is 2.05 bits per heavy atom. The molecular weight excluding hydrogens is 297 g/mol. The summed E-state index contributed by atoms with van der Waals surface area (Å²) in [6.07, 6.45) is 2.80. The van der Waals surface area contributed by atoms with Crippen molar-refractivity contribution < 1.29 is 9.90 Å². The highest BCUT2D eigenvalue weighted by molar-refractivity contribution is 6.35. The molecule has 4 atom stereocenters. The van der Waals surface area contributed by atoms with Gasteiger partial charge in [-0.15, -0.1) is 0 Å². The summed E-state index contributed by atoms with van der Waals surface area (Å²) in [5.41, 5.74) is 0.590. The number of hydrogen-bond acceptors (Lipinski definition) is 2. The van der Waals surface area contributed by atoms with Crippen LogP contribution in [0.2, 0.25) is 10.0 Å². The molecule has 0 spiro atoms. The van der Waals surface area contributed by atoms with Crippen molar-refractivity contribution in [3.63, 3.8) is 0 Å². The number of aliphatic hydroxyl groups excluding tert-OH is 1. The highest BCUT2D eigenvalue weighted by Crippen LogP contribution is 2.57. The normalized spacial score (nSPS) is 28.9. The molecule has 1 amide bonds. The van der Waals surface area contributed by atoms with Gasteiger partial charge in [-0.1, -0.05) is 35.7 Å². The number of carbonyl (C=O) groups is 1. The molecule has 0 bridgehead atoms. The Hall–Kier alpha value is -0.770. The van der Waals surface area contributed by atoms with Gasteiger partial charge in [-0.05, 0) is 36.8 Å². The highest BCUT2D eigenvalue weighted by Gasteiger charge is 2.56. The van der Waals surface area contributed by atoms with Crippen molar-refractivity contribution in [3.8, 4) is 0 Å². The molecule has 2 saturated carbocycles. The maximum atomic E-state index is 12.0. The van der Waals surface area contributed by atoms with Gasteiger partial charge in [-0.25, -0.2) is 0 Å². The van der Waals surface area contributed by atoms with Gasteiger partial charge in [0.2, 0.25) is 5.91 Å². The first-order chi connectivity index (χ1) is 9.58. The summed E-state index contributed by atoms with van der Waals surface area (Å²) in [7, 11) is 0. The van der Waals surface area contributed by atoms with Crippen LogP contribution in [-0.4, -0.2) is 17.6 Å². The van der Waals surface area contributed by atoms with Gasteiger partial charge in [0.1, 0.15) is 0 Å². The molecule has 5 heteroatoms. The van der Waals surface area contributed by atoms with Crippen molar-refractivity contribution in [2.45, 2.75) is 25.4 Å². The molecule has 1 aromatic rings. The summed E-state index contributed by atoms with van der Waals surface area (Å²) < 4.78 is 0. The number of carbonyl (C=O) groups excluding carboxylic acids is 1. The molecule has 0 radical (unpaired) electrons. The van der Waals surface area contributed by atoms with Crippen LogP contribution in [0, 0.1) is 17.8 Å². The number of fused-ring (bicyclic) bond motifs is 1. The molecule has 2 aliphatic carbocycles. The number of halogens is 2. The first-order valence-electron chi connectivity index (χ1n) is 6.98. The number of nitrogens with one attached hydrogen (secondary N) is 1. The summed E-state index contributed by atoms with van der Waals surface area (Å²) in [6, 6.07) is 4.96. The summed E-state index contributed by atoms with van der Waals surface area (Å²) in [5.74, 6) is 1.43. The number of benzene rings is 1. The molecule has 2 N–H and O–H groups in total. The zero-order valence-corrected chi connectivity index (χ0v) is 12.5. The number of amides is 1. The Labute approximate surface area is 128 Å². The molecule has 20 heavy (non-hydrogen) atoms. The molecule has 0 aliphatic heterocycles. The molecule has 0 saturated heterocycles. The molecule has 1 aromatic carbocycles. The summed E-state index contributed by atoms with van der Waals surface area (Å²) in [6.45, 7) is 0.191. The van der Waals surface area contributed by atoms with Crippen LogP contribution in [0.4, 0.5) is 0 Å². The van der Waals surface area contributed by atoms with E-state index >= 15 is 0 Å². The lowest BCUT2D eigenvalue weighted by Crippen LogP contribution is -2.30. The van der Waals surface area contributed by atoms with E-state index in [1.165, 1.54) is 19.3 Å². The number of aliphatic hydroxyl groups is 1. The van der Waals surface area contributed by atoms with Gasteiger partial charge in [-0.3, -0.25) is 4.79 Å². The van der Waals surface area contributed by atoms with Gasteiger partial charge in [0.25, 0.3) is 0 Å². The standard InChI is InChI=1S/C15H17Cl2NO2/c16-8-4-5-11(12(17)6-8)13(19)7-18-15(20)14-9-2-1-3-10(9)14/h4-6,9-10,13-14,19H,1-3,7H2,(H,18,20)/t9-,10+,13-,14?/m1/s1. The van der Waals surface area contributed by atoms with Crippen LogP contribution >= 0.6 is 23.2 Å². The van der Waals surface area contributed by atoms with E-state index < -0.39 is 6.10 Å². The second kappa shape index (κ2) is 5.55. The smallest absolute Gasteiger partial charge is 0.223 e. The minimum absolute atomic E-state index is 0.0730. The molecule has 2 fully saturated rings. The lowest BCUT2D eigenvalue weighted by molar-refractivity contribution is -0.123. The predicted octanol–water partition coefficient (Wildman–Crippen LogP) is 3.19. The maximum absolute atomic E-state index is 12.0. The third-order valence-electron chi connectivity index (χ3n) is 4.50. The Morgan fingerprint density at radius 3 is 2.70 bits per heavy atom. The minimum atomic E-state index is -0.803. The van der Waals surface area contributed by atoms with Gasteiger partial charge in [0.15, 0.2) is 0 Å². The van der Waals surface area contributed by atoms with E-state index in [0.29, 0.717) is 27.4 Å². The fourth-order valence-corrected chi connectivity index (χ4v) is 3.94. The van der Waals surface area contributed by atoms with Crippen LogP contribution in [0.3, 0.4) is 0 Å². The quantitative estimate of drug-likeness (QED) is 0.897. The second-order valence-electron chi connectivity index (χ2n) is 5.71. The van der Waals surface area contributed by atoms with Gasteiger partial charge < -0.3 is 10.4 Å². The van der Waals surface area contributed by atoms with Crippen LogP contribution in [0.15, 0.2) is 18.2 Å². The van der Waals surface area contributed by atoms with E-state index in [1.54, 1.807) is 18.2 Å². The fraction of sp³-hybridized carbons (Fsp3) is 0.533. The van der Waals surface area contributed by atoms with E-state index in [2.05, 4.69) is 5.32 Å². The van der Waals surface area contributed by atoms with Crippen LogP contribution in [0.5, 0.6) is 0 Å². The molecular formula is C15H17Cl2NO2. The van der Waals surface area contributed by atoms with Gasteiger partial charge >= 0.3 is 0 Å². The largest absolute Gasteiger partial charge is 0.387 e. The molecule has 2 aliphatic rings. The third-order valence-corrected chi connectivity index (χ3v) is 5.06. The van der Waals surface area contributed by atoms with Crippen molar-refractivity contribution in [2.24, 2.45) is 17.8 Å². The first-order valence-corrected chi connectivity index (χ1v) is 7.74. The van der Waals surface area contributed by atoms with Crippen LogP contribution < -0.4 is 5.32 Å². The van der Waals surface area contributed by atoms with Crippen LogP contribution in [0.1, 0.15) is 30.9 Å². The summed E-state index contributed by atoms with van der Waals surface area (Å²) in [4.78, 5) is 12.0. The van der Waals surface area contributed by atoms with Crippen LogP contribution in [-0.2, 0) is 4.79 Å². The summed E-state index contributed by atoms with van der Waals surface area (Å²) in [5, 5.41) is 13.9. The Morgan fingerprint density at radius 1 is 1.35 bits per heavy atom. The van der Waals surface area contributed by atoms with E-state index in [9.17, 15) is 9.90 Å². The van der Waals surface area contributed by atoms with Crippen LogP contribution in [0.25, 0.3) is 0 Å². The minimum Gasteiger partial charge on any atom is -0.387 e. The highest BCUT2D eigenvalue weighted by atomic mass is 35.5. The Bertz CT molecular complexity index is 525. The SMILES string of the molecule is O=C(NC[C@@H](O)c1ccc(Cl)cc1Cl)C1[C@H]2CCC[C@@H]12. The maximum Gasteiger partial charge on any atom is 0.223 e. The average molecular weight is 314 g/mol. The van der Waals surface area contributed by atoms with E-state index in [0.717, 1.165) is 0 Å². The van der Waals surface area contributed by atoms with Crippen molar-refractivity contribution in [1.82, 2.24) is 5.32 Å². The van der Waals surface area contributed by atoms with Crippen molar-refractivity contribution in [3.05, 3.63) is 33.8 Å². The zero-order valence-electron chi connectivity index (χ0n) is 11.0. The lowest BCUT2D eigenvalue weighted by atomic mass is 10.1. The van der Waals surface area contributed by atoms with E-state index in [-0.39, 0.29) is 18.4 Å². The van der Waals surface area contributed by atoms with Crippen molar-refractivity contribution in [1.29, 1.82) is 0 Å². The second-order valence-corrected chi connectivity index (χ2v) is 6.55. The van der Waals surface area contributed by atoms with Gasteiger partial charge in [-0.2, -0.15) is 0 Å².